The highest BCUT2D eigenvalue weighted by Crippen LogP contribution is 2.37. The molecule has 1 aliphatic heterocycles. The van der Waals surface area contributed by atoms with Gasteiger partial charge in [-0.15, -0.1) is 0 Å². The van der Waals surface area contributed by atoms with Gasteiger partial charge in [0, 0.05) is 27.9 Å². The Kier molecular flexibility index (Phi) is 4.12. The molecule has 1 saturated heterocycles. The summed E-state index contributed by atoms with van der Waals surface area (Å²) in [5.74, 6) is -0.622. The molecular formula is C20H23N5O. The molecule has 4 rings (SSSR count). The monoisotopic (exact) mass is 349 g/mol. The molecule has 0 bridgehead atoms. The third-order valence-electron chi connectivity index (χ3n) is 5.16. The quantitative estimate of drug-likeness (QED) is 0.489. The van der Waals surface area contributed by atoms with E-state index in [-0.39, 0.29) is 5.96 Å². The van der Waals surface area contributed by atoms with Crippen molar-refractivity contribution in [3.63, 3.8) is 0 Å². The van der Waals surface area contributed by atoms with Crippen LogP contribution in [0.25, 0.3) is 21.8 Å². The molecule has 2 aromatic carbocycles. The Morgan fingerprint density at radius 3 is 2.62 bits per heavy atom. The summed E-state index contributed by atoms with van der Waals surface area (Å²) in [5.41, 5.74) is 14.6. The number of amides is 1. The number of hydrogen-bond donors (Lipinski definition) is 3. The first kappa shape index (κ1) is 16.6. The lowest BCUT2D eigenvalue weighted by Gasteiger charge is -2.26. The molecule has 0 aliphatic carbocycles. The molecule has 0 radical (unpaired) electrons. The molecule has 1 fully saturated rings. The number of carbonyl (C=O) groups excluding carboxylic acids is 1. The lowest BCUT2D eigenvalue weighted by atomic mass is 10.0. The van der Waals surface area contributed by atoms with Crippen molar-refractivity contribution < 1.29 is 4.79 Å². The summed E-state index contributed by atoms with van der Waals surface area (Å²) in [6, 6.07) is 12.7. The molecule has 1 aromatic heterocycles. The number of nitrogens with zero attached hydrogens (tertiary/aromatic N) is 2. The minimum atomic E-state index is -0.405. The van der Waals surface area contributed by atoms with Crippen LogP contribution in [-0.4, -0.2) is 29.5 Å². The largest absolute Gasteiger partial charge is 0.370 e. The average molecular weight is 349 g/mol. The summed E-state index contributed by atoms with van der Waals surface area (Å²) in [7, 11) is 0. The predicted molar refractivity (Wildman–Crippen MR) is 105 cm³/mol. The fourth-order valence-corrected chi connectivity index (χ4v) is 4.10. The number of rotatable bonds is 2. The van der Waals surface area contributed by atoms with Crippen LogP contribution in [0, 0.1) is 6.92 Å². The number of aryl methyl sites for hydroxylation is 1. The molecule has 6 heteroatoms. The number of benzene rings is 2. The van der Waals surface area contributed by atoms with Crippen LogP contribution < -0.4 is 16.8 Å². The van der Waals surface area contributed by atoms with Crippen LogP contribution in [0.15, 0.2) is 41.4 Å². The molecule has 6 nitrogen and oxygen atoms in total. The number of aliphatic imine (C=N–C) groups is 1. The van der Waals surface area contributed by atoms with E-state index in [4.69, 9.17) is 11.5 Å². The van der Waals surface area contributed by atoms with E-state index in [1.807, 2.05) is 19.1 Å². The number of piperidine rings is 1. The first-order chi connectivity index (χ1) is 12.6. The van der Waals surface area contributed by atoms with Crippen molar-refractivity contribution in [2.75, 3.05) is 13.1 Å². The number of hydrogen-bond acceptors (Lipinski definition) is 2. The minimum Gasteiger partial charge on any atom is -0.370 e. The number of carbonyl (C=O) groups is 1. The number of nitrogens with one attached hydrogen (secondary N) is 1. The number of fused-ring (bicyclic) bond motifs is 3. The van der Waals surface area contributed by atoms with Crippen LogP contribution in [0.2, 0.25) is 0 Å². The summed E-state index contributed by atoms with van der Waals surface area (Å²) in [6.07, 6.45) is 2.14. The van der Waals surface area contributed by atoms with E-state index in [2.05, 4.69) is 39.1 Å². The van der Waals surface area contributed by atoms with Crippen molar-refractivity contribution >= 4 is 33.7 Å². The summed E-state index contributed by atoms with van der Waals surface area (Å²) >= 11 is 0. The van der Waals surface area contributed by atoms with Crippen molar-refractivity contribution in [2.24, 2.45) is 16.5 Å². The van der Waals surface area contributed by atoms with E-state index in [1.165, 1.54) is 16.3 Å². The van der Waals surface area contributed by atoms with Crippen LogP contribution in [0.1, 0.15) is 34.8 Å². The highest BCUT2D eigenvalue weighted by Gasteiger charge is 2.22. The van der Waals surface area contributed by atoms with Gasteiger partial charge in [0.25, 0.3) is 5.91 Å². The zero-order valence-electron chi connectivity index (χ0n) is 14.8. The molecule has 0 saturated carbocycles. The Balaban J connectivity index is 2.01. The fraction of sp³-hybridized carbons (Fsp3) is 0.300. The Morgan fingerprint density at radius 1 is 1.15 bits per heavy atom. The van der Waals surface area contributed by atoms with Gasteiger partial charge in [-0.05, 0) is 56.6 Å². The summed E-state index contributed by atoms with van der Waals surface area (Å²) in [4.78, 5) is 16.1. The van der Waals surface area contributed by atoms with Gasteiger partial charge < -0.3 is 21.4 Å². The number of guanidine groups is 1. The molecule has 5 N–H and O–H groups in total. The molecule has 1 amide bonds. The second-order valence-corrected chi connectivity index (χ2v) is 6.90. The van der Waals surface area contributed by atoms with E-state index in [1.54, 1.807) is 0 Å². The Hall–Kier alpha value is -2.86. The SMILES string of the molecule is Cc1cc(C(=O)N=C(N)N)cc2c1c1ccccc1n2C1CCNCC1. The topological polar surface area (TPSA) is 98.4 Å². The van der Waals surface area contributed by atoms with Crippen LogP contribution in [0.4, 0.5) is 0 Å². The maximum absolute atomic E-state index is 12.4. The lowest BCUT2D eigenvalue weighted by Crippen LogP contribution is -2.29. The van der Waals surface area contributed by atoms with Crippen LogP contribution in [0.5, 0.6) is 0 Å². The second-order valence-electron chi connectivity index (χ2n) is 6.90. The van der Waals surface area contributed by atoms with E-state index >= 15 is 0 Å². The van der Waals surface area contributed by atoms with E-state index < -0.39 is 5.91 Å². The van der Waals surface area contributed by atoms with Crippen molar-refractivity contribution in [3.05, 3.63) is 47.5 Å². The minimum absolute atomic E-state index is 0.216. The van der Waals surface area contributed by atoms with Gasteiger partial charge >= 0.3 is 0 Å². The van der Waals surface area contributed by atoms with Gasteiger partial charge in [0.2, 0.25) is 0 Å². The fourth-order valence-electron chi connectivity index (χ4n) is 4.10. The smallest absolute Gasteiger partial charge is 0.280 e. The third-order valence-corrected chi connectivity index (χ3v) is 5.16. The first-order valence-corrected chi connectivity index (χ1v) is 8.94. The molecule has 0 atom stereocenters. The van der Waals surface area contributed by atoms with Crippen LogP contribution in [0.3, 0.4) is 0 Å². The maximum atomic E-state index is 12.4. The van der Waals surface area contributed by atoms with Gasteiger partial charge in [-0.25, -0.2) is 0 Å². The molecule has 2 heterocycles. The third kappa shape index (κ3) is 2.72. The van der Waals surface area contributed by atoms with Crippen molar-refractivity contribution in [1.82, 2.24) is 9.88 Å². The van der Waals surface area contributed by atoms with Gasteiger partial charge in [0.1, 0.15) is 0 Å². The Bertz CT molecular complexity index is 1020. The van der Waals surface area contributed by atoms with Crippen molar-refractivity contribution in [1.29, 1.82) is 0 Å². The van der Waals surface area contributed by atoms with E-state index in [0.717, 1.165) is 37.0 Å². The van der Waals surface area contributed by atoms with Gasteiger partial charge in [0.05, 0.1) is 5.52 Å². The van der Waals surface area contributed by atoms with E-state index in [9.17, 15) is 4.79 Å². The van der Waals surface area contributed by atoms with Gasteiger partial charge in [0.15, 0.2) is 5.96 Å². The second kappa shape index (κ2) is 6.46. The molecule has 1 aliphatic rings. The van der Waals surface area contributed by atoms with Crippen molar-refractivity contribution in [2.45, 2.75) is 25.8 Å². The zero-order chi connectivity index (χ0) is 18.3. The molecule has 26 heavy (non-hydrogen) atoms. The van der Waals surface area contributed by atoms with Crippen LogP contribution >= 0.6 is 0 Å². The lowest BCUT2D eigenvalue weighted by molar-refractivity contribution is 0.100. The zero-order valence-corrected chi connectivity index (χ0v) is 14.8. The standard InChI is InChI=1S/C20H23N5O/c1-12-10-13(19(26)24-20(21)22)11-17-18(12)15-4-2-3-5-16(15)25(17)14-6-8-23-9-7-14/h2-5,10-11,14,23H,6-9H2,1H3,(H4,21,22,24,26). The Morgan fingerprint density at radius 2 is 1.88 bits per heavy atom. The predicted octanol–water partition coefficient (Wildman–Crippen LogP) is 2.44. The summed E-state index contributed by atoms with van der Waals surface area (Å²) in [5, 5.41) is 5.84. The highest BCUT2D eigenvalue weighted by molar-refractivity contribution is 6.12. The summed E-state index contributed by atoms with van der Waals surface area (Å²) in [6.45, 7) is 4.04. The highest BCUT2D eigenvalue weighted by atomic mass is 16.1. The Labute approximate surface area is 151 Å². The normalized spacial score (nSPS) is 15.4. The first-order valence-electron chi connectivity index (χ1n) is 8.94. The van der Waals surface area contributed by atoms with Gasteiger partial charge in [-0.3, -0.25) is 4.79 Å². The summed E-state index contributed by atoms with van der Waals surface area (Å²) < 4.78 is 2.39. The number of aromatic nitrogens is 1. The van der Waals surface area contributed by atoms with Gasteiger partial charge in [-0.1, -0.05) is 18.2 Å². The molecular weight excluding hydrogens is 326 g/mol. The van der Waals surface area contributed by atoms with Gasteiger partial charge in [-0.2, -0.15) is 4.99 Å². The molecule has 0 unspecified atom stereocenters. The number of nitrogens with two attached hydrogens (primary N) is 2. The van der Waals surface area contributed by atoms with E-state index in [0.29, 0.717) is 11.6 Å². The average Bonchev–Trinajstić information content (AvgIpc) is 2.96. The maximum Gasteiger partial charge on any atom is 0.280 e. The van der Waals surface area contributed by atoms with Crippen LogP contribution in [-0.2, 0) is 0 Å². The number of para-hydroxylation sites is 1. The molecule has 134 valence electrons. The molecule has 0 spiro atoms. The molecule has 3 aromatic rings. The van der Waals surface area contributed by atoms with Crippen molar-refractivity contribution in [3.8, 4) is 0 Å².